The van der Waals surface area contributed by atoms with Gasteiger partial charge in [0.2, 0.25) is 5.88 Å². The Morgan fingerprint density at radius 3 is 2.41 bits per heavy atom. The molecule has 0 bridgehead atoms. The van der Waals surface area contributed by atoms with Crippen LogP contribution < -0.4 is 5.32 Å². The van der Waals surface area contributed by atoms with E-state index in [1.807, 2.05) is 0 Å². The zero-order chi connectivity index (χ0) is 24.2. The van der Waals surface area contributed by atoms with Crippen LogP contribution in [0, 0.1) is 5.82 Å². The fourth-order valence-electron chi connectivity index (χ4n) is 3.52. The second kappa shape index (κ2) is 9.76. The fourth-order valence-corrected chi connectivity index (χ4v) is 3.73. The zero-order valence-corrected chi connectivity index (χ0v) is 18.4. The summed E-state index contributed by atoms with van der Waals surface area (Å²) < 4.78 is 14.6. The highest BCUT2D eigenvalue weighted by Crippen LogP contribution is 2.26. The number of nitrogens with zero attached hydrogens (tertiary/aromatic N) is 2. The molecule has 1 amide bonds. The lowest BCUT2D eigenvalue weighted by molar-refractivity contribution is -0.137. The number of aliphatic carboxylic acids is 1. The highest BCUT2D eigenvalue weighted by molar-refractivity contribution is 6.32. The van der Waals surface area contributed by atoms with Crippen molar-refractivity contribution in [3.05, 3.63) is 101 Å². The lowest BCUT2D eigenvalue weighted by atomic mass is 9.99. The number of carbonyl (C=O) groups is 2. The fraction of sp³-hybridized carbons (Fsp3) is 0.0800. The first-order valence-corrected chi connectivity index (χ1v) is 10.6. The number of para-hydroxylation sites is 1. The monoisotopic (exact) mass is 479 g/mol. The molecular formula is C25H19ClFN3O4. The second-order valence-corrected chi connectivity index (χ2v) is 7.91. The van der Waals surface area contributed by atoms with Gasteiger partial charge in [-0.3, -0.25) is 9.59 Å². The molecular weight excluding hydrogens is 461 g/mol. The van der Waals surface area contributed by atoms with Crippen LogP contribution in [-0.2, 0) is 4.79 Å². The van der Waals surface area contributed by atoms with Crippen LogP contribution in [0.1, 0.15) is 28.5 Å². The van der Waals surface area contributed by atoms with Crippen LogP contribution in [-0.4, -0.2) is 31.9 Å². The largest absolute Gasteiger partial charge is 0.493 e. The number of carboxylic acids is 1. The Kier molecular flexibility index (Phi) is 6.60. The highest BCUT2D eigenvalue weighted by atomic mass is 35.5. The van der Waals surface area contributed by atoms with Crippen molar-refractivity contribution in [1.82, 2.24) is 15.1 Å². The van der Waals surface area contributed by atoms with Crippen molar-refractivity contribution >= 4 is 23.5 Å². The molecule has 0 spiro atoms. The number of carboxylic acid groups (broad SMARTS) is 1. The average Bonchev–Trinajstić information content (AvgIpc) is 3.20. The van der Waals surface area contributed by atoms with Crippen LogP contribution in [0.5, 0.6) is 5.88 Å². The van der Waals surface area contributed by atoms with Crippen LogP contribution in [0.15, 0.2) is 78.9 Å². The zero-order valence-electron chi connectivity index (χ0n) is 17.7. The first-order chi connectivity index (χ1) is 16.3. The molecule has 172 valence electrons. The van der Waals surface area contributed by atoms with Gasteiger partial charge in [0, 0.05) is 6.07 Å². The van der Waals surface area contributed by atoms with Gasteiger partial charge >= 0.3 is 5.97 Å². The van der Waals surface area contributed by atoms with Crippen LogP contribution in [0.3, 0.4) is 0 Å². The number of aromatic hydroxyl groups is 1. The summed E-state index contributed by atoms with van der Waals surface area (Å²) in [6.07, 6.45) is -0.373. The van der Waals surface area contributed by atoms with E-state index in [-0.39, 0.29) is 23.8 Å². The molecule has 0 aliphatic rings. The molecule has 0 aliphatic carbocycles. The third-order valence-electron chi connectivity index (χ3n) is 5.16. The van der Waals surface area contributed by atoms with Crippen molar-refractivity contribution < 1.29 is 24.2 Å². The second-order valence-electron chi connectivity index (χ2n) is 7.51. The van der Waals surface area contributed by atoms with Gasteiger partial charge in [0.15, 0.2) is 5.69 Å². The molecule has 0 fully saturated rings. The first kappa shape index (κ1) is 23.0. The van der Waals surface area contributed by atoms with Gasteiger partial charge in [-0.2, -0.15) is 9.78 Å². The van der Waals surface area contributed by atoms with Crippen molar-refractivity contribution in [2.45, 2.75) is 12.5 Å². The van der Waals surface area contributed by atoms with Crippen molar-refractivity contribution in [3.63, 3.8) is 0 Å². The summed E-state index contributed by atoms with van der Waals surface area (Å²) in [5.74, 6) is -2.44. The molecule has 3 N–H and O–H groups in total. The molecule has 0 saturated heterocycles. The number of aromatic nitrogens is 2. The average molecular weight is 480 g/mol. The van der Waals surface area contributed by atoms with E-state index in [1.165, 1.54) is 18.2 Å². The molecule has 7 nitrogen and oxygen atoms in total. The van der Waals surface area contributed by atoms with E-state index in [0.717, 1.165) is 10.2 Å². The number of hydrogen-bond donors (Lipinski definition) is 3. The Morgan fingerprint density at radius 2 is 1.74 bits per heavy atom. The number of hydrogen-bond acceptors (Lipinski definition) is 4. The van der Waals surface area contributed by atoms with E-state index in [9.17, 15) is 24.2 Å². The van der Waals surface area contributed by atoms with E-state index >= 15 is 0 Å². The molecule has 0 saturated carbocycles. The molecule has 1 unspecified atom stereocenters. The van der Waals surface area contributed by atoms with Gasteiger partial charge in [0.25, 0.3) is 5.91 Å². The van der Waals surface area contributed by atoms with Gasteiger partial charge in [0.05, 0.1) is 23.2 Å². The smallest absolute Gasteiger partial charge is 0.305 e. The maximum absolute atomic E-state index is 13.5. The van der Waals surface area contributed by atoms with Gasteiger partial charge in [-0.25, -0.2) is 4.39 Å². The summed E-state index contributed by atoms with van der Waals surface area (Å²) in [5.41, 5.74) is 2.24. The minimum atomic E-state index is -1.11. The third kappa shape index (κ3) is 5.07. The molecule has 3 aromatic carbocycles. The van der Waals surface area contributed by atoms with E-state index in [2.05, 4.69) is 10.4 Å². The summed E-state index contributed by atoms with van der Waals surface area (Å²) in [7, 11) is 0. The quantitative estimate of drug-likeness (QED) is 0.346. The van der Waals surface area contributed by atoms with E-state index in [0.29, 0.717) is 21.8 Å². The third-order valence-corrected chi connectivity index (χ3v) is 5.48. The van der Waals surface area contributed by atoms with E-state index in [4.69, 9.17) is 11.6 Å². The Labute approximate surface area is 199 Å². The summed E-state index contributed by atoms with van der Waals surface area (Å²) >= 11 is 6.15. The maximum atomic E-state index is 13.5. The Hall–Kier alpha value is -4.17. The summed E-state index contributed by atoms with van der Waals surface area (Å²) in [6.45, 7) is 0. The topological polar surface area (TPSA) is 104 Å². The summed E-state index contributed by atoms with van der Waals surface area (Å²) in [5, 5.41) is 26.7. The van der Waals surface area contributed by atoms with Crippen LogP contribution in [0.4, 0.5) is 4.39 Å². The van der Waals surface area contributed by atoms with Crippen LogP contribution in [0.2, 0.25) is 5.02 Å². The lowest BCUT2D eigenvalue weighted by Crippen LogP contribution is -2.30. The van der Waals surface area contributed by atoms with Gasteiger partial charge in [-0.15, -0.1) is 0 Å². The first-order valence-electron chi connectivity index (χ1n) is 10.2. The van der Waals surface area contributed by atoms with E-state index < -0.39 is 17.9 Å². The van der Waals surface area contributed by atoms with E-state index in [1.54, 1.807) is 60.7 Å². The molecule has 0 radical (unpaired) electrons. The molecule has 1 aromatic heterocycles. The van der Waals surface area contributed by atoms with Gasteiger partial charge in [0.1, 0.15) is 5.82 Å². The van der Waals surface area contributed by atoms with Gasteiger partial charge in [-0.05, 0) is 41.0 Å². The normalized spacial score (nSPS) is 11.7. The van der Waals surface area contributed by atoms with Crippen molar-refractivity contribution in [2.24, 2.45) is 0 Å². The lowest BCUT2D eigenvalue weighted by Gasteiger charge is -2.17. The Balaban J connectivity index is 1.57. The van der Waals surface area contributed by atoms with Crippen molar-refractivity contribution in [2.75, 3.05) is 0 Å². The standard InChI is InChI=1S/C25H19ClFN3O4/c26-19-6-1-2-7-22(19)30-23(31)13-21(29-30)25(34)28-20(14-24(32)33)16-10-8-15(9-11-16)17-4-3-5-18(27)12-17/h1-13,20,31H,14H2,(H,28,34)(H,32,33). The van der Waals surface area contributed by atoms with Crippen LogP contribution in [0.25, 0.3) is 16.8 Å². The van der Waals surface area contributed by atoms with Gasteiger partial charge < -0.3 is 15.5 Å². The number of rotatable bonds is 7. The van der Waals surface area contributed by atoms with Gasteiger partial charge in [-0.1, -0.05) is 60.1 Å². The van der Waals surface area contributed by atoms with Crippen molar-refractivity contribution in [3.8, 4) is 22.7 Å². The van der Waals surface area contributed by atoms with Crippen LogP contribution >= 0.6 is 11.6 Å². The number of nitrogens with one attached hydrogen (secondary N) is 1. The Bertz CT molecular complexity index is 1350. The predicted octanol–water partition coefficient (Wildman–Crippen LogP) is 4.98. The maximum Gasteiger partial charge on any atom is 0.305 e. The molecule has 0 aliphatic heterocycles. The number of halogens is 2. The number of carbonyl (C=O) groups excluding carboxylic acids is 1. The minimum absolute atomic E-state index is 0.107. The summed E-state index contributed by atoms with van der Waals surface area (Å²) in [6, 6.07) is 19.9. The SMILES string of the molecule is O=C(O)CC(NC(=O)c1cc(O)n(-c2ccccc2Cl)n1)c1ccc(-c2cccc(F)c2)cc1. The minimum Gasteiger partial charge on any atom is -0.493 e. The molecule has 4 aromatic rings. The molecule has 1 heterocycles. The van der Waals surface area contributed by atoms with Crippen molar-refractivity contribution in [1.29, 1.82) is 0 Å². The predicted molar refractivity (Wildman–Crippen MR) is 125 cm³/mol. The highest BCUT2D eigenvalue weighted by Gasteiger charge is 2.22. The number of benzene rings is 3. The Morgan fingerprint density at radius 1 is 1.00 bits per heavy atom. The summed E-state index contributed by atoms with van der Waals surface area (Å²) in [4.78, 5) is 24.3. The molecule has 9 heteroatoms. The molecule has 4 rings (SSSR count). The molecule has 1 atom stereocenters. The number of amides is 1. The molecule has 34 heavy (non-hydrogen) atoms.